The van der Waals surface area contributed by atoms with Crippen LogP contribution in [0.3, 0.4) is 0 Å². The largest absolute Gasteiger partial charge is 0.420 e. The summed E-state index contributed by atoms with van der Waals surface area (Å²) in [6, 6.07) is 1.29. The maximum absolute atomic E-state index is 12.4. The van der Waals surface area contributed by atoms with Crippen molar-refractivity contribution in [3.05, 3.63) is 23.4 Å². The highest BCUT2D eigenvalue weighted by atomic mass is 79.9. The molecule has 1 aromatic heterocycles. The Hall–Kier alpha value is -0.780. The Bertz CT molecular complexity index is 311. The molecule has 0 radical (unpaired) electrons. The molecular formula is C7H6BrF3N2. The van der Waals surface area contributed by atoms with Crippen LogP contribution < -0.4 is 5.73 Å². The minimum atomic E-state index is -4.44. The number of nitrogens with two attached hydrogens (primary N) is 1. The average molecular weight is 255 g/mol. The van der Waals surface area contributed by atoms with E-state index in [1.54, 1.807) is 0 Å². The van der Waals surface area contributed by atoms with E-state index >= 15 is 0 Å². The Morgan fingerprint density at radius 2 is 2.08 bits per heavy atom. The molecule has 0 saturated heterocycles. The second-order valence-corrected chi connectivity index (χ2v) is 2.92. The van der Waals surface area contributed by atoms with Crippen molar-refractivity contribution >= 4 is 21.7 Å². The molecule has 0 aliphatic rings. The van der Waals surface area contributed by atoms with Crippen LogP contribution in [0, 0.1) is 0 Å². The van der Waals surface area contributed by atoms with E-state index in [4.69, 9.17) is 5.73 Å². The number of hydrogen-bond acceptors (Lipinski definition) is 2. The van der Waals surface area contributed by atoms with Gasteiger partial charge in [-0.1, -0.05) is 15.9 Å². The van der Waals surface area contributed by atoms with Crippen molar-refractivity contribution < 1.29 is 13.2 Å². The molecule has 0 aromatic carbocycles. The molecule has 0 bridgehead atoms. The highest BCUT2D eigenvalue weighted by molar-refractivity contribution is 9.08. The maximum Gasteiger partial charge on any atom is 0.420 e. The lowest BCUT2D eigenvalue weighted by molar-refractivity contribution is -0.137. The Balaban J connectivity index is 3.32. The van der Waals surface area contributed by atoms with Crippen molar-refractivity contribution in [2.75, 3.05) is 5.73 Å². The number of nitrogen functional groups attached to an aromatic ring is 1. The highest BCUT2D eigenvalue weighted by Gasteiger charge is 2.35. The van der Waals surface area contributed by atoms with E-state index in [0.29, 0.717) is 0 Å². The van der Waals surface area contributed by atoms with Crippen molar-refractivity contribution in [1.29, 1.82) is 0 Å². The van der Waals surface area contributed by atoms with E-state index in [2.05, 4.69) is 20.9 Å². The molecule has 1 rings (SSSR count). The smallest absolute Gasteiger partial charge is 0.383 e. The summed E-state index contributed by atoms with van der Waals surface area (Å²) < 4.78 is 37.1. The summed E-state index contributed by atoms with van der Waals surface area (Å²) in [5.74, 6) is -0.482. The minimum Gasteiger partial charge on any atom is -0.383 e. The standard InChI is InChI=1S/C7H6BrF3N2/c8-3-4-1-2-13-6(12)5(4)7(9,10)11/h1-2H,3H2,(H2,12,13). The number of halogens is 4. The van der Waals surface area contributed by atoms with Gasteiger partial charge in [0.2, 0.25) is 0 Å². The molecule has 72 valence electrons. The Morgan fingerprint density at radius 1 is 1.46 bits per heavy atom. The van der Waals surface area contributed by atoms with E-state index in [9.17, 15) is 13.2 Å². The molecule has 1 heterocycles. The van der Waals surface area contributed by atoms with Gasteiger partial charge in [0, 0.05) is 11.5 Å². The summed E-state index contributed by atoms with van der Waals surface area (Å²) in [4.78, 5) is 3.39. The minimum absolute atomic E-state index is 0.0972. The van der Waals surface area contributed by atoms with E-state index in [1.807, 2.05) is 0 Å². The number of rotatable bonds is 1. The molecular weight excluding hydrogens is 249 g/mol. The van der Waals surface area contributed by atoms with Crippen LogP contribution in [0.25, 0.3) is 0 Å². The first-order valence-corrected chi connectivity index (χ1v) is 4.45. The molecule has 0 saturated carbocycles. The zero-order chi connectivity index (χ0) is 10.1. The lowest BCUT2D eigenvalue weighted by atomic mass is 10.1. The first kappa shape index (κ1) is 10.3. The topological polar surface area (TPSA) is 38.9 Å². The van der Waals surface area contributed by atoms with Gasteiger partial charge in [-0.2, -0.15) is 13.2 Å². The van der Waals surface area contributed by atoms with Crippen LogP contribution in [0.1, 0.15) is 11.1 Å². The molecule has 1 aromatic rings. The number of anilines is 1. The summed E-state index contributed by atoms with van der Waals surface area (Å²) >= 11 is 2.95. The quantitative estimate of drug-likeness (QED) is 0.783. The van der Waals surface area contributed by atoms with Gasteiger partial charge >= 0.3 is 6.18 Å². The predicted molar refractivity (Wildman–Crippen MR) is 46.3 cm³/mol. The average Bonchev–Trinajstić information content (AvgIpc) is 2.01. The van der Waals surface area contributed by atoms with Gasteiger partial charge in [-0.25, -0.2) is 4.98 Å². The first-order valence-electron chi connectivity index (χ1n) is 3.33. The zero-order valence-corrected chi connectivity index (χ0v) is 7.98. The van der Waals surface area contributed by atoms with Gasteiger partial charge in [-0.15, -0.1) is 0 Å². The third kappa shape index (κ3) is 2.12. The molecule has 2 nitrogen and oxygen atoms in total. The van der Waals surface area contributed by atoms with Gasteiger partial charge in [0.05, 0.1) is 0 Å². The second-order valence-electron chi connectivity index (χ2n) is 2.36. The number of aromatic nitrogens is 1. The summed E-state index contributed by atoms with van der Waals surface area (Å²) in [7, 11) is 0. The first-order chi connectivity index (χ1) is 5.96. The molecule has 13 heavy (non-hydrogen) atoms. The van der Waals surface area contributed by atoms with Crippen LogP contribution in [0.15, 0.2) is 12.3 Å². The fourth-order valence-electron chi connectivity index (χ4n) is 0.959. The molecule has 2 N–H and O–H groups in total. The van der Waals surface area contributed by atoms with E-state index in [-0.39, 0.29) is 10.9 Å². The molecule has 0 atom stereocenters. The van der Waals surface area contributed by atoms with E-state index in [0.717, 1.165) is 0 Å². The van der Waals surface area contributed by atoms with Crippen molar-refractivity contribution in [3.8, 4) is 0 Å². The van der Waals surface area contributed by atoms with Crippen molar-refractivity contribution in [1.82, 2.24) is 4.98 Å². The summed E-state index contributed by atoms with van der Waals surface area (Å²) in [6.07, 6.45) is -3.19. The van der Waals surface area contributed by atoms with Crippen LogP contribution in [-0.4, -0.2) is 4.98 Å². The van der Waals surface area contributed by atoms with Crippen molar-refractivity contribution in [3.63, 3.8) is 0 Å². The van der Waals surface area contributed by atoms with E-state index in [1.165, 1.54) is 12.3 Å². The summed E-state index contributed by atoms with van der Waals surface area (Å²) in [5.41, 5.74) is 4.37. The number of nitrogens with zero attached hydrogens (tertiary/aromatic N) is 1. The maximum atomic E-state index is 12.4. The normalized spacial score (nSPS) is 11.7. The molecule has 6 heteroatoms. The Kier molecular flexibility index (Phi) is 2.80. The Labute approximate surface area is 81.1 Å². The Morgan fingerprint density at radius 3 is 2.46 bits per heavy atom. The molecule has 0 spiro atoms. The van der Waals surface area contributed by atoms with Gasteiger partial charge in [0.15, 0.2) is 0 Å². The third-order valence-corrected chi connectivity index (χ3v) is 2.10. The summed E-state index contributed by atoms with van der Waals surface area (Å²) in [6.45, 7) is 0. The lowest BCUT2D eigenvalue weighted by Gasteiger charge is -2.12. The molecule has 0 aliphatic heterocycles. The fraction of sp³-hybridized carbons (Fsp3) is 0.286. The second kappa shape index (κ2) is 3.53. The number of pyridine rings is 1. The molecule has 0 fully saturated rings. The van der Waals surface area contributed by atoms with Gasteiger partial charge in [0.25, 0.3) is 0 Å². The molecule has 0 aliphatic carbocycles. The number of hydrogen-bond donors (Lipinski definition) is 1. The zero-order valence-electron chi connectivity index (χ0n) is 6.40. The van der Waals surface area contributed by atoms with Crippen LogP contribution in [0.4, 0.5) is 19.0 Å². The van der Waals surface area contributed by atoms with Gasteiger partial charge in [-0.05, 0) is 11.6 Å². The van der Waals surface area contributed by atoms with Gasteiger partial charge in [0.1, 0.15) is 11.4 Å². The molecule has 0 amide bonds. The lowest BCUT2D eigenvalue weighted by Crippen LogP contribution is -2.13. The van der Waals surface area contributed by atoms with Gasteiger partial charge in [-0.3, -0.25) is 0 Å². The SMILES string of the molecule is Nc1nccc(CBr)c1C(F)(F)F. The number of alkyl halides is 4. The van der Waals surface area contributed by atoms with Crippen molar-refractivity contribution in [2.45, 2.75) is 11.5 Å². The summed E-state index contributed by atoms with van der Waals surface area (Å²) in [5, 5.41) is 0.106. The third-order valence-electron chi connectivity index (χ3n) is 1.49. The van der Waals surface area contributed by atoms with Crippen LogP contribution in [0.2, 0.25) is 0 Å². The highest BCUT2D eigenvalue weighted by Crippen LogP contribution is 2.35. The van der Waals surface area contributed by atoms with Crippen LogP contribution in [0.5, 0.6) is 0 Å². The molecule has 0 unspecified atom stereocenters. The van der Waals surface area contributed by atoms with Gasteiger partial charge < -0.3 is 5.73 Å². The predicted octanol–water partition coefficient (Wildman–Crippen LogP) is 2.58. The van der Waals surface area contributed by atoms with E-state index < -0.39 is 17.6 Å². The fourth-order valence-corrected chi connectivity index (χ4v) is 1.43. The monoisotopic (exact) mass is 254 g/mol. The van der Waals surface area contributed by atoms with Crippen molar-refractivity contribution in [2.24, 2.45) is 0 Å². The van der Waals surface area contributed by atoms with Crippen LogP contribution >= 0.6 is 15.9 Å². The van der Waals surface area contributed by atoms with Crippen LogP contribution in [-0.2, 0) is 11.5 Å².